The van der Waals surface area contributed by atoms with Crippen molar-refractivity contribution in [2.75, 3.05) is 0 Å². The van der Waals surface area contributed by atoms with Gasteiger partial charge in [0.05, 0.1) is 12.2 Å². The average Bonchev–Trinajstić information content (AvgIpc) is 2.31. The van der Waals surface area contributed by atoms with Crippen molar-refractivity contribution in [3.8, 4) is 0 Å². The van der Waals surface area contributed by atoms with E-state index in [9.17, 15) is 0 Å². The zero-order valence-electron chi connectivity index (χ0n) is 11.9. The molecular formula is C15H29ClO. The Balaban J connectivity index is 2.63. The summed E-state index contributed by atoms with van der Waals surface area (Å²) in [5, 5.41) is 0.319. The van der Waals surface area contributed by atoms with E-state index >= 15 is 0 Å². The zero-order chi connectivity index (χ0) is 12.8. The highest BCUT2D eigenvalue weighted by molar-refractivity contribution is 6.20. The second-order valence-corrected chi connectivity index (χ2v) is 6.05. The van der Waals surface area contributed by atoms with Crippen LogP contribution in [0.4, 0.5) is 0 Å². The van der Waals surface area contributed by atoms with Gasteiger partial charge < -0.3 is 4.74 Å². The lowest BCUT2D eigenvalue weighted by Gasteiger charge is -2.40. The summed E-state index contributed by atoms with van der Waals surface area (Å²) < 4.78 is 6.36. The Kier molecular flexibility index (Phi) is 6.87. The molecule has 2 heteroatoms. The van der Waals surface area contributed by atoms with E-state index in [-0.39, 0.29) is 0 Å². The molecule has 1 rings (SSSR count). The van der Waals surface area contributed by atoms with Crippen LogP contribution in [0.1, 0.15) is 66.2 Å². The minimum Gasteiger partial charge on any atom is -0.374 e. The molecule has 102 valence electrons. The Bertz CT molecular complexity index is 179. The van der Waals surface area contributed by atoms with Gasteiger partial charge in [0, 0.05) is 5.38 Å². The van der Waals surface area contributed by atoms with E-state index < -0.39 is 0 Å². The van der Waals surface area contributed by atoms with Crippen LogP contribution >= 0.6 is 11.6 Å². The molecule has 3 atom stereocenters. The van der Waals surface area contributed by atoms with Crippen LogP contribution < -0.4 is 0 Å². The molecule has 0 aromatic heterocycles. The molecule has 0 radical (unpaired) electrons. The molecule has 1 saturated heterocycles. The standard InChI is InChI=1S/C15H29ClO/c1-5-11(6-2)14-9-13(16)10-15(17-14)12(7-3)8-4/h11-15H,5-10H2,1-4H3/t13?,14-,15+. The predicted molar refractivity (Wildman–Crippen MR) is 75.7 cm³/mol. The fourth-order valence-corrected chi connectivity index (χ4v) is 3.52. The van der Waals surface area contributed by atoms with Crippen molar-refractivity contribution < 1.29 is 4.74 Å². The van der Waals surface area contributed by atoms with Crippen molar-refractivity contribution in [3.63, 3.8) is 0 Å². The molecule has 0 aromatic rings. The second kappa shape index (κ2) is 7.63. The summed E-state index contributed by atoms with van der Waals surface area (Å²) in [6, 6.07) is 0. The van der Waals surface area contributed by atoms with Crippen LogP contribution in [0, 0.1) is 11.8 Å². The number of hydrogen-bond donors (Lipinski definition) is 0. The van der Waals surface area contributed by atoms with Crippen LogP contribution in [0.3, 0.4) is 0 Å². The van der Waals surface area contributed by atoms with Gasteiger partial charge in [-0.2, -0.15) is 0 Å². The van der Waals surface area contributed by atoms with E-state index in [2.05, 4.69) is 27.7 Å². The highest BCUT2D eigenvalue weighted by atomic mass is 35.5. The van der Waals surface area contributed by atoms with Gasteiger partial charge in [-0.05, 0) is 24.7 Å². The molecule has 1 unspecified atom stereocenters. The highest BCUT2D eigenvalue weighted by Gasteiger charge is 2.34. The van der Waals surface area contributed by atoms with E-state index in [0.29, 0.717) is 29.4 Å². The SMILES string of the molecule is CCC(CC)[C@@H]1CC(Cl)C[C@H](C(CC)CC)O1. The topological polar surface area (TPSA) is 9.23 Å². The van der Waals surface area contributed by atoms with Gasteiger partial charge in [0.25, 0.3) is 0 Å². The molecule has 0 bridgehead atoms. The Morgan fingerprint density at radius 1 is 0.882 bits per heavy atom. The number of halogens is 1. The molecule has 1 heterocycles. The molecule has 0 aromatic carbocycles. The van der Waals surface area contributed by atoms with Gasteiger partial charge >= 0.3 is 0 Å². The number of rotatable bonds is 6. The molecule has 1 aliphatic heterocycles. The van der Waals surface area contributed by atoms with Crippen LogP contribution in [-0.4, -0.2) is 17.6 Å². The highest BCUT2D eigenvalue weighted by Crippen LogP contribution is 2.35. The van der Waals surface area contributed by atoms with Crippen molar-refractivity contribution >= 4 is 11.6 Å². The molecule has 0 aliphatic carbocycles. The third-order valence-corrected chi connectivity index (χ3v) is 4.83. The third-order valence-electron chi connectivity index (χ3n) is 4.47. The van der Waals surface area contributed by atoms with Gasteiger partial charge in [-0.1, -0.05) is 53.4 Å². The van der Waals surface area contributed by atoms with Crippen molar-refractivity contribution in [1.29, 1.82) is 0 Å². The molecule has 1 nitrogen and oxygen atoms in total. The molecule has 17 heavy (non-hydrogen) atoms. The smallest absolute Gasteiger partial charge is 0.0621 e. The lowest BCUT2D eigenvalue weighted by atomic mass is 9.85. The number of hydrogen-bond acceptors (Lipinski definition) is 1. The first-order valence-electron chi connectivity index (χ1n) is 7.45. The first kappa shape index (κ1) is 15.3. The maximum Gasteiger partial charge on any atom is 0.0621 e. The molecule has 0 amide bonds. The van der Waals surface area contributed by atoms with Crippen LogP contribution in [0.15, 0.2) is 0 Å². The van der Waals surface area contributed by atoms with Gasteiger partial charge in [0.1, 0.15) is 0 Å². The van der Waals surface area contributed by atoms with E-state index in [1.807, 2.05) is 0 Å². The van der Waals surface area contributed by atoms with Crippen LogP contribution in [0.25, 0.3) is 0 Å². The van der Waals surface area contributed by atoms with E-state index in [1.165, 1.54) is 25.7 Å². The van der Waals surface area contributed by atoms with Crippen molar-refractivity contribution in [2.24, 2.45) is 11.8 Å². The Hall–Kier alpha value is 0.250. The largest absolute Gasteiger partial charge is 0.374 e. The number of ether oxygens (including phenoxy) is 1. The minimum atomic E-state index is 0.319. The van der Waals surface area contributed by atoms with Gasteiger partial charge in [0.2, 0.25) is 0 Å². The monoisotopic (exact) mass is 260 g/mol. The summed E-state index contributed by atoms with van der Waals surface area (Å²) in [6.07, 6.45) is 7.72. The van der Waals surface area contributed by atoms with Gasteiger partial charge in [-0.15, -0.1) is 11.6 Å². The fraction of sp³-hybridized carbons (Fsp3) is 1.00. The Labute approximate surface area is 112 Å². The fourth-order valence-electron chi connectivity index (χ4n) is 3.17. The summed E-state index contributed by atoms with van der Waals surface area (Å²) in [7, 11) is 0. The zero-order valence-corrected chi connectivity index (χ0v) is 12.7. The normalized spacial score (nSPS) is 30.2. The summed E-state index contributed by atoms with van der Waals surface area (Å²) in [5.74, 6) is 1.38. The first-order valence-corrected chi connectivity index (χ1v) is 7.89. The molecule has 0 spiro atoms. The minimum absolute atomic E-state index is 0.319. The Morgan fingerprint density at radius 3 is 1.53 bits per heavy atom. The molecule has 0 N–H and O–H groups in total. The lowest BCUT2D eigenvalue weighted by molar-refractivity contribution is -0.102. The van der Waals surface area contributed by atoms with Gasteiger partial charge in [-0.3, -0.25) is 0 Å². The average molecular weight is 261 g/mol. The van der Waals surface area contributed by atoms with Crippen molar-refractivity contribution in [3.05, 3.63) is 0 Å². The second-order valence-electron chi connectivity index (χ2n) is 5.43. The molecule has 1 aliphatic rings. The van der Waals surface area contributed by atoms with Crippen molar-refractivity contribution in [2.45, 2.75) is 83.8 Å². The summed E-state index contributed by atoms with van der Waals surface area (Å²) >= 11 is 6.44. The molecule has 0 saturated carbocycles. The van der Waals surface area contributed by atoms with E-state index in [1.54, 1.807) is 0 Å². The summed E-state index contributed by atoms with van der Waals surface area (Å²) in [5.41, 5.74) is 0. The third kappa shape index (κ3) is 4.13. The lowest BCUT2D eigenvalue weighted by Crippen LogP contribution is -2.41. The first-order chi connectivity index (χ1) is 8.15. The van der Waals surface area contributed by atoms with Crippen LogP contribution in [0.5, 0.6) is 0 Å². The summed E-state index contributed by atoms with van der Waals surface area (Å²) in [4.78, 5) is 0. The number of alkyl halides is 1. The van der Waals surface area contributed by atoms with Crippen LogP contribution in [-0.2, 0) is 4.74 Å². The molecule has 1 fully saturated rings. The van der Waals surface area contributed by atoms with Crippen LogP contribution in [0.2, 0.25) is 0 Å². The Morgan fingerprint density at radius 2 is 1.24 bits per heavy atom. The maximum absolute atomic E-state index is 6.44. The van der Waals surface area contributed by atoms with Gasteiger partial charge in [0.15, 0.2) is 0 Å². The van der Waals surface area contributed by atoms with E-state index in [0.717, 1.165) is 12.8 Å². The van der Waals surface area contributed by atoms with E-state index in [4.69, 9.17) is 16.3 Å². The van der Waals surface area contributed by atoms with Crippen molar-refractivity contribution in [1.82, 2.24) is 0 Å². The maximum atomic E-state index is 6.44. The van der Waals surface area contributed by atoms with Gasteiger partial charge in [-0.25, -0.2) is 0 Å². The predicted octanol–water partition coefficient (Wildman–Crippen LogP) is 5.01. The molecular weight excluding hydrogens is 232 g/mol. The summed E-state index contributed by atoms with van der Waals surface area (Å²) in [6.45, 7) is 9.06. The quantitative estimate of drug-likeness (QED) is 0.610.